The van der Waals surface area contributed by atoms with Gasteiger partial charge in [-0.05, 0) is 42.5 Å². The number of rotatable bonds is 3. The first-order valence-corrected chi connectivity index (χ1v) is 8.50. The number of aromatic nitrogens is 1. The molecule has 0 saturated carbocycles. The molecule has 4 aromatic rings. The fraction of sp³-hybridized carbons (Fsp3) is 0.227. The van der Waals surface area contributed by atoms with E-state index in [0.717, 1.165) is 28.8 Å². The first-order chi connectivity index (χ1) is 11.6. The van der Waals surface area contributed by atoms with Gasteiger partial charge in [-0.2, -0.15) is 0 Å². The quantitative estimate of drug-likeness (QED) is 0.453. The molecule has 0 bridgehead atoms. The molecule has 2 nitrogen and oxygen atoms in total. The first kappa shape index (κ1) is 14.9. The van der Waals surface area contributed by atoms with Gasteiger partial charge in [-0.15, -0.1) is 0 Å². The van der Waals surface area contributed by atoms with Crippen LogP contribution >= 0.6 is 0 Å². The predicted molar refractivity (Wildman–Crippen MR) is 100 cm³/mol. The van der Waals surface area contributed by atoms with Crippen molar-refractivity contribution in [3.63, 3.8) is 0 Å². The minimum absolute atomic E-state index is 0.598. The van der Waals surface area contributed by atoms with E-state index in [-0.39, 0.29) is 0 Å². The van der Waals surface area contributed by atoms with Crippen molar-refractivity contribution < 1.29 is 4.42 Å². The van der Waals surface area contributed by atoms with E-state index in [4.69, 9.17) is 4.42 Å². The van der Waals surface area contributed by atoms with Gasteiger partial charge in [0.15, 0.2) is 0 Å². The molecule has 24 heavy (non-hydrogen) atoms. The number of aryl methyl sites for hydroxylation is 1. The van der Waals surface area contributed by atoms with Crippen LogP contribution in [0.15, 0.2) is 59.1 Å². The largest absolute Gasteiger partial charge is 0.455 e. The highest BCUT2D eigenvalue weighted by atomic mass is 16.3. The maximum Gasteiger partial charge on any atom is 0.145 e. The summed E-state index contributed by atoms with van der Waals surface area (Å²) in [6, 6.07) is 16.8. The molecule has 0 saturated heterocycles. The molecule has 0 N–H and O–H groups in total. The number of fused-ring (bicyclic) bond motifs is 3. The van der Waals surface area contributed by atoms with E-state index in [0.29, 0.717) is 5.92 Å². The molecule has 2 heterocycles. The van der Waals surface area contributed by atoms with E-state index >= 15 is 0 Å². The first-order valence-electron chi connectivity index (χ1n) is 8.50. The Morgan fingerprint density at radius 3 is 2.50 bits per heavy atom. The molecule has 0 aliphatic heterocycles. The predicted octanol–water partition coefficient (Wildman–Crippen LogP) is 6.15. The Bertz CT molecular complexity index is 1010. The van der Waals surface area contributed by atoms with E-state index in [1.807, 2.05) is 24.4 Å². The molecule has 0 aliphatic rings. The molecular formula is C22H21NO. The van der Waals surface area contributed by atoms with Crippen LogP contribution in [0.4, 0.5) is 0 Å². The Morgan fingerprint density at radius 1 is 0.917 bits per heavy atom. The lowest BCUT2D eigenvalue weighted by Crippen LogP contribution is -1.93. The molecule has 2 aromatic heterocycles. The Labute approximate surface area is 142 Å². The summed E-state index contributed by atoms with van der Waals surface area (Å²) in [7, 11) is 0. The van der Waals surface area contributed by atoms with Crippen LogP contribution in [-0.4, -0.2) is 4.98 Å². The lowest BCUT2D eigenvalue weighted by atomic mass is 9.98. The van der Waals surface area contributed by atoms with Crippen molar-refractivity contribution in [3.8, 4) is 11.3 Å². The number of pyridine rings is 1. The van der Waals surface area contributed by atoms with E-state index in [1.165, 1.54) is 21.9 Å². The summed E-state index contributed by atoms with van der Waals surface area (Å²) < 4.78 is 6.41. The summed E-state index contributed by atoms with van der Waals surface area (Å²) in [4.78, 5) is 4.54. The molecule has 2 aromatic carbocycles. The summed E-state index contributed by atoms with van der Waals surface area (Å²) in [6.45, 7) is 6.60. The molecule has 0 fully saturated rings. The molecule has 0 spiro atoms. The average Bonchev–Trinajstić information content (AvgIpc) is 2.94. The van der Waals surface area contributed by atoms with Gasteiger partial charge in [0.25, 0.3) is 0 Å². The van der Waals surface area contributed by atoms with Crippen LogP contribution in [0.5, 0.6) is 0 Å². The molecule has 120 valence electrons. The second kappa shape index (κ2) is 5.79. The maximum atomic E-state index is 6.41. The van der Waals surface area contributed by atoms with Crippen molar-refractivity contribution in [1.29, 1.82) is 0 Å². The van der Waals surface area contributed by atoms with Crippen LogP contribution in [0.1, 0.15) is 25.0 Å². The second-order valence-electron chi connectivity index (χ2n) is 6.84. The van der Waals surface area contributed by atoms with E-state index in [1.54, 1.807) is 0 Å². The fourth-order valence-corrected chi connectivity index (χ4v) is 3.45. The lowest BCUT2D eigenvalue weighted by molar-refractivity contribution is 0.624. The SMILES string of the molecule is Cc1ccc2c(oc3c(CC(C)C)cccc32)c1-c1ccccn1. The Balaban J connectivity index is 2.06. The van der Waals surface area contributed by atoms with Crippen molar-refractivity contribution in [2.45, 2.75) is 27.2 Å². The summed E-state index contributed by atoms with van der Waals surface area (Å²) in [5.74, 6) is 0.598. The monoisotopic (exact) mass is 315 g/mol. The number of hydrogen-bond acceptors (Lipinski definition) is 2. The Hall–Kier alpha value is -2.61. The van der Waals surface area contributed by atoms with Gasteiger partial charge in [0, 0.05) is 22.5 Å². The van der Waals surface area contributed by atoms with E-state index < -0.39 is 0 Å². The molecule has 0 amide bonds. The van der Waals surface area contributed by atoms with Crippen LogP contribution in [-0.2, 0) is 6.42 Å². The topological polar surface area (TPSA) is 26.0 Å². The van der Waals surface area contributed by atoms with Crippen molar-refractivity contribution in [1.82, 2.24) is 4.98 Å². The van der Waals surface area contributed by atoms with Crippen LogP contribution in [0.2, 0.25) is 0 Å². The Morgan fingerprint density at radius 2 is 1.75 bits per heavy atom. The van der Waals surface area contributed by atoms with Gasteiger partial charge in [-0.3, -0.25) is 4.98 Å². The van der Waals surface area contributed by atoms with Crippen LogP contribution in [0.3, 0.4) is 0 Å². The van der Waals surface area contributed by atoms with Gasteiger partial charge in [-0.25, -0.2) is 0 Å². The number of benzene rings is 2. The van der Waals surface area contributed by atoms with Crippen LogP contribution in [0, 0.1) is 12.8 Å². The van der Waals surface area contributed by atoms with Crippen molar-refractivity contribution in [3.05, 3.63) is 65.9 Å². The minimum atomic E-state index is 0.598. The van der Waals surface area contributed by atoms with E-state index in [2.05, 4.69) is 56.1 Å². The van der Waals surface area contributed by atoms with Gasteiger partial charge in [0.2, 0.25) is 0 Å². The maximum absolute atomic E-state index is 6.41. The zero-order valence-corrected chi connectivity index (χ0v) is 14.3. The summed E-state index contributed by atoms with van der Waals surface area (Å²) >= 11 is 0. The highest BCUT2D eigenvalue weighted by molar-refractivity contribution is 6.10. The normalized spacial score (nSPS) is 11.7. The molecule has 0 unspecified atom stereocenters. The Kier molecular flexibility index (Phi) is 3.61. The van der Waals surface area contributed by atoms with E-state index in [9.17, 15) is 0 Å². The van der Waals surface area contributed by atoms with Gasteiger partial charge in [0.1, 0.15) is 11.2 Å². The zero-order chi connectivity index (χ0) is 16.7. The number of hydrogen-bond donors (Lipinski definition) is 0. The zero-order valence-electron chi connectivity index (χ0n) is 14.3. The van der Waals surface area contributed by atoms with Crippen LogP contribution in [0.25, 0.3) is 33.2 Å². The van der Waals surface area contributed by atoms with Gasteiger partial charge in [0.05, 0.1) is 5.69 Å². The highest BCUT2D eigenvalue weighted by Gasteiger charge is 2.17. The smallest absolute Gasteiger partial charge is 0.145 e. The van der Waals surface area contributed by atoms with Crippen molar-refractivity contribution in [2.24, 2.45) is 5.92 Å². The second-order valence-corrected chi connectivity index (χ2v) is 6.84. The molecule has 0 aliphatic carbocycles. The third-order valence-electron chi connectivity index (χ3n) is 4.51. The van der Waals surface area contributed by atoms with Crippen molar-refractivity contribution >= 4 is 21.9 Å². The number of nitrogens with zero attached hydrogens (tertiary/aromatic N) is 1. The average molecular weight is 315 g/mol. The van der Waals surface area contributed by atoms with Crippen LogP contribution < -0.4 is 0 Å². The fourth-order valence-electron chi connectivity index (χ4n) is 3.45. The molecule has 2 heteroatoms. The van der Waals surface area contributed by atoms with Gasteiger partial charge in [-0.1, -0.05) is 50.2 Å². The summed E-state index contributed by atoms with van der Waals surface area (Å²) in [5, 5.41) is 2.36. The van der Waals surface area contributed by atoms with Gasteiger partial charge >= 0.3 is 0 Å². The molecule has 4 rings (SSSR count). The molecule has 0 atom stereocenters. The molecule has 0 radical (unpaired) electrons. The number of para-hydroxylation sites is 1. The number of furan rings is 1. The van der Waals surface area contributed by atoms with Gasteiger partial charge < -0.3 is 4.42 Å². The third-order valence-corrected chi connectivity index (χ3v) is 4.51. The summed E-state index contributed by atoms with van der Waals surface area (Å²) in [5.41, 5.74) is 6.49. The molecular weight excluding hydrogens is 294 g/mol. The standard InChI is InChI=1S/C22H21NO/c1-14(2)13-16-7-6-8-17-18-11-10-15(3)20(22(18)24-21(16)17)19-9-4-5-12-23-19/h4-12,14H,13H2,1-3H3. The van der Waals surface area contributed by atoms with Crippen molar-refractivity contribution in [2.75, 3.05) is 0 Å². The summed E-state index contributed by atoms with van der Waals surface area (Å²) in [6.07, 6.45) is 2.86. The third kappa shape index (κ3) is 2.39. The highest BCUT2D eigenvalue weighted by Crippen LogP contribution is 2.38. The lowest BCUT2D eigenvalue weighted by Gasteiger charge is -2.05. The minimum Gasteiger partial charge on any atom is -0.455 e.